The molecule has 2 heteroatoms. The van der Waals surface area contributed by atoms with Gasteiger partial charge in [0.1, 0.15) is 0 Å². The van der Waals surface area contributed by atoms with Crippen LogP contribution in [0.1, 0.15) is 121 Å². The number of rotatable bonds is 19. The summed E-state index contributed by atoms with van der Waals surface area (Å²) in [5.41, 5.74) is 14.1. The molecule has 0 aliphatic rings. The summed E-state index contributed by atoms with van der Waals surface area (Å²) in [6.45, 7) is 11.3. The summed E-state index contributed by atoms with van der Waals surface area (Å²) in [6, 6.07) is 31.1. The molecule has 248 valence electrons. The number of unbranched alkanes of at least 4 members (excludes halogenated alkanes) is 7. The molecule has 0 heterocycles. The van der Waals surface area contributed by atoms with Crippen LogP contribution in [-0.4, -0.2) is 11.9 Å². The van der Waals surface area contributed by atoms with E-state index in [0.29, 0.717) is 0 Å². The number of nitrogens with zero attached hydrogens (tertiary/aromatic N) is 2. The molecule has 0 bridgehead atoms. The van der Waals surface area contributed by atoms with E-state index in [0.717, 1.165) is 42.8 Å². The van der Waals surface area contributed by atoms with Crippen LogP contribution in [-0.2, 0) is 19.3 Å². The van der Waals surface area contributed by atoms with Gasteiger partial charge in [0, 0.05) is 6.21 Å². The van der Waals surface area contributed by atoms with Crippen molar-refractivity contribution in [2.45, 2.75) is 125 Å². The first kappa shape index (κ1) is 36.1. The van der Waals surface area contributed by atoms with E-state index in [2.05, 4.69) is 120 Å². The van der Waals surface area contributed by atoms with Crippen LogP contribution in [0.2, 0.25) is 0 Å². The summed E-state index contributed by atoms with van der Waals surface area (Å²) in [5, 5.41) is 0. The van der Waals surface area contributed by atoms with E-state index < -0.39 is 0 Å². The van der Waals surface area contributed by atoms with Crippen molar-refractivity contribution in [3.63, 3.8) is 0 Å². The van der Waals surface area contributed by atoms with Gasteiger partial charge in [0.05, 0.1) is 17.1 Å². The van der Waals surface area contributed by atoms with Crippen molar-refractivity contribution < 1.29 is 0 Å². The highest BCUT2D eigenvalue weighted by molar-refractivity contribution is 6.31. The van der Waals surface area contributed by atoms with Crippen LogP contribution in [0, 0.1) is 6.92 Å². The number of hydrogen-bond donors (Lipinski definition) is 0. The third kappa shape index (κ3) is 10.9. The molecule has 0 saturated carbocycles. The third-order valence-electron chi connectivity index (χ3n) is 9.21. The Labute approximate surface area is 286 Å². The summed E-state index contributed by atoms with van der Waals surface area (Å²) < 4.78 is 0. The highest BCUT2D eigenvalue weighted by Gasteiger charge is 2.14. The van der Waals surface area contributed by atoms with Crippen molar-refractivity contribution in [3.05, 3.63) is 107 Å². The van der Waals surface area contributed by atoms with E-state index in [1.807, 2.05) is 6.21 Å². The Kier molecular flexibility index (Phi) is 15.2. The van der Waals surface area contributed by atoms with E-state index in [4.69, 9.17) is 9.98 Å². The van der Waals surface area contributed by atoms with Gasteiger partial charge in [0.25, 0.3) is 0 Å². The zero-order valence-electron chi connectivity index (χ0n) is 30.0. The summed E-state index contributed by atoms with van der Waals surface area (Å²) in [4.78, 5) is 10.3. The number of benzene rings is 4. The SMILES string of the molecule is CCCCCCCCc1cc(N=CC(CC)=Nc2cc(CCCC)c(-c3ccccc3)c(CCCC)c2)cc(C)c1-c1ccccc1. The minimum absolute atomic E-state index is 0.838. The molecule has 0 aromatic heterocycles. The zero-order chi connectivity index (χ0) is 33.3. The molecule has 0 aliphatic heterocycles. The van der Waals surface area contributed by atoms with Crippen molar-refractivity contribution in [2.75, 3.05) is 0 Å². The second kappa shape index (κ2) is 19.8. The van der Waals surface area contributed by atoms with Crippen molar-refractivity contribution in [3.8, 4) is 22.3 Å². The maximum Gasteiger partial charge on any atom is 0.0639 e. The van der Waals surface area contributed by atoms with Gasteiger partial charge in [-0.05, 0) is 121 Å². The minimum atomic E-state index is 0.838. The van der Waals surface area contributed by atoms with Gasteiger partial charge in [-0.3, -0.25) is 9.98 Å². The lowest BCUT2D eigenvalue weighted by Gasteiger charge is -2.17. The molecule has 0 N–H and O–H groups in total. The predicted molar refractivity (Wildman–Crippen MR) is 208 cm³/mol. The fourth-order valence-electron chi connectivity index (χ4n) is 6.66. The van der Waals surface area contributed by atoms with E-state index in [1.54, 1.807) is 0 Å². The Hall–Kier alpha value is -3.78. The van der Waals surface area contributed by atoms with E-state index >= 15 is 0 Å². The summed E-state index contributed by atoms with van der Waals surface area (Å²) in [5.74, 6) is 0. The smallest absolute Gasteiger partial charge is 0.0639 e. The molecule has 0 aliphatic carbocycles. The van der Waals surface area contributed by atoms with Gasteiger partial charge in [-0.15, -0.1) is 0 Å². The van der Waals surface area contributed by atoms with E-state index in [1.165, 1.54) is 109 Å². The normalized spacial score (nSPS) is 11.9. The molecule has 0 radical (unpaired) electrons. The topological polar surface area (TPSA) is 24.7 Å². The second-order valence-corrected chi connectivity index (χ2v) is 13.1. The lowest BCUT2D eigenvalue weighted by atomic mass is 9.89. The second-order valence-electron chi connectivity index (χ2n) is 13.1. The highest BCUT2D eigenvalue weighted by Crippen LogP contribution is 2.35. The van der Waals surface area contributed by atoms with Gasteiger partial charge in [-0.25, -0.2) is 0 Å². The molecule has 4 aromatic rings. The molecule has 47 heavy (non-hydrogen) atoms. The maximum absolute atomic E-state index is 5.23. The Morgan fingerprint density at radius 3 is 1.60 bits per heavy atom. The quantitative estimate of drug-likeness (QED) is 0.0731. The third-order valence-corrected chi connectivity index (χ3v) is 9.21. The van der Waals surface area contributed by atoms with Crippen molar-refractivity contribution in [1.29, 1.82) is 0 Å². The molecular formula is C45H58N2. The fraction of sp³-hybridized carbons (Fsp3) is 0.422. The molecule has 4 rings (SSSR count). The molecule has 0 spiro atoms. The average molecular weight is 627 g/mol. The molecular weight excluding hydrogens is 569 g/mol. The summed E-state index contributed by atoms with van der Waals surface area (Å²) in [6.07, 6.45) is 18.6. The van der Waals surface area contributed by atoms with Gasteiger partial charge in [0.2, 0.25) is 0 Å². The molecule has 0 unspecified atom stereocenters. The van der Waals surface area contributed by atoms with Crippen LogP contribution in [0.4, 0.5) is 11.4 Å². The number of aliphatic imine (C=N–C) groups is 2. The first-order valence-corrected chi connectivity index (χ1v) is 18.6. The largest absolute Gasteiger partial charge is 0.255 e. The molecule has 2 nitrogen and oxygen atoms in total. The van der Waals surface area contributed by atoms with Crippen LogP contribution < -0.4 is 0 Å². The molecule has 4 aromatic carbocycles. The Balaban J connectivity index is 1.67. The van der Waals surface area contributed by atoms with Crippen LogP contribution in [0.25, 0.3) is 22.3 Å². The van der Waals surface area contributed by atoms with Crippen molar-refractivity contribution in [1.82, 2.24) is 0 Å². The first-order valence-electron chi connectivity index (χ1n) is 18.6. The predicted octanol–water partition coefficient (Wildman–Crippen LogP) is 13.8. The van der Waals surface area contributed by atoms with Gasteiger partial charge >= 0.3 is 0 Å². The summed E-state index contributed by atoms with van der Waals surface area (Å²) in [7, 11) is 0. The molecule has 0 atom stereocenters. The zero-order valence-corrected chi connectivity index (χ0v) is 30.0. The van der Waals surface area contributed by atoms with E-state index in [-0.39, 0.29) is 0 Å². The Morgan fingerprint density at radius 2 is 1.02 bits per heavy atom. The monoisotopic (exact) mass is 626 g/mol. The van der Waals surface area contributed by atoms with Gasteiger partial charge < -0.3 is 0 Å². The fourth-order valence-corrected chi connectivity index (χ4v) is 6.66. The molecule has 0 saturated heterocycles. The molecule has 0 fully saturated rings. The Morgan fingerprint density at radius 1 is 0.532 bits per heavy atom. The number of hydrogen-bond acceptors (Lipinski definition) is 2. The average Bonchev–Trinajstić information content (AvgIpc) is 3.10. The minimum Gasteiger partial charge on any atom is -0.255 e. The molecule has 0 amide bonds. The maximum atomic E-state index is 5.23. The standard InChI is InChI=1S/C45H58N2/c1-6-10-13-14-15-18-29-38-31-42(30-35(5)44(38)36-25-19-16-20-26-36)46-34-41(9-4)47-43-32-39(23-11-7-2)45(37-27-21-17-22-28-37)40(33-43)24-12-8-3/h16-17,19-22,25-28,30-34H,6-15,18,23-24,29H2,1-5H3. The highest BCUT2D eigenvalue weighted by atomic mass is 14.8. The van der Waals surface area contributed by atoms with Crippen molar-refractivity contribution in [2.24, 2.45) is 9.98 Å². The Bertz CT molecular complexity index is 1530. The van der Waals surface area contributed by atoms with Gasteiger partial charge in [0.15, 0.2) is 0 Å². The van der Waals surface area contributed by atoms with E-state index in [9.17, 15) is 0 Å². The van der Waals surface area contributed by atoms with Crippen LogP contribution in [0.3, 0.4) is 0 Å². The number of aryl methyl sites for hydroxylation is 4. The van der Waals surface area contributed by atoms with Gasteiger partial charge in [-0.1, -0.05) is 133 Å². The lowest BCUT2D eigenvalue weighted by Crippen LogP contribution is -2.00. The van der Waals surface area contributed by atoms with Crippen LogP contribution in [0.15, 0.2) is 94.9 Å². The lowest BCUT2D eigenvalue weighted by molar-refractivity contribution is 0.608. The first-order chi connectivity index (χ1) is 23.1. The van der Waals surface area contributed by atoms with Gasteiger partial charge in [-0.2, -0.15) is 0 Å². The van der Waals surface area contributed by atoms with Crippen molar-refractivity contribution >= 4 is 23.3 Å². The summed E-state index contributed by atoms with van der Waals surface area (Å²) >= 11 is 0. The van der Waals surface area contributed by atoms with Crippen LogP contribution in [0.5, 0.6) is 0 Å². The van der Waals surface area contributed by atoms with Crippen LogP contribution >= 0.6 is 0 Å².